The zero-order valence-electron chi connectivity index (χ0n) is 11.7. The SMILES string of the molecule is Cc1cc(O)ccc1NC1CCNCc2ccccc21. The molecule has 0 saturated heterocycles. The number of anilines is 1. The molecule has 0 saturated carbocycles. The van der Waals surface area contributed by atoms with E-state index in [0.29, 0.717) is 11.8 Å². The standard InChI is InChI=1S/C17H20N2O/c1-12-10-14(20)6-7-16(12)19-17-8-9-18-11-13-4-2-3-5-15(13)17/h2-7,10,17-20H,8-9,11H2,1H3. The number of rotatable bonds is 2. The second-order valence-corrected chi connectivity index (χ2v) is 5.36. The topological polar surface area (TPSA) is 44.3 Å². The fraction of sp³-hybridized carbons (Fsp3) is 0.294. The summed E-state index contributed by atoms with van der Waals surface area (Å²) in [5, 5.41) is 16.6. The van der Waals surface area contributed by atoms with E-state index < -0.39 is 0 Å². The van der Waals surface area contributed by atoms with Crippen molar-refractivity contribution in [3.05, 3.63) is 59.2 Å². The quantitative estimate of drug-likeness (QED) is 0.732. The second kappa shape index (κ2) is 5.55. The molecule has 2 aromatic carbocycles. The van der Waals surface area contributed by atoms with Gasteiger partial charge in [-0.15, -0.1) is 0 Å². The lowest BCUT2D eigenvalue weighted by molar-refractivity contribution is 0.475. The van der Waals surface area contributed by atoms with Gasteiger partial charge in [0.2, 0.25) is 0 Å². The van der Waals surface area contributed by atoms with Crippen LogP contribution in [0.5, 0.6) is 5.75 Å². The highest BCUT2D eigenvalue weighted by Gasteiger charge is 2.18. The Kier molecular flexibility index (Phi) is 3.61. The van der Waals surface area contributed by atoms with Crippen molar-refractivity contribution in [1.29, 1.82) is 0 Å². The van der Waals surface area contributed by atoms with Gasteiger partial charge in [0.15, 0.2) is 0 Å². The molecule has 0 spiro atoms. The van der Waals surface area contributed by atoms with Crippen molar-refractivity contribution >= 4 is 5.69 Å². The molecule has 1 heterocycles. The van der Waals surface area contributed by atoms with Crippen molar-refractivity contribution in [3.8, 4) is 5.75 Å². The van der Waals surface area contributed by atoms with E-state index in [4.69, 9.17) is 0 Å². The molecule has 3 nitrogen and oxygen atoms in total. The Morgan fingerprint density at radius 3 is 2.90 bits per heavy atom. The van der Waals surface area contributed by atoms with Crippen LogP contribution < -0.4 is 10.6 Å². The summed E-state index contributed by atoms with van der Waals surface area (Å²) in [6.07, 6.45) is 1.05. The molecule has 1 aliphatic heterocycles. The Morgan fingerprint density at radius 2 is 2.05 bits per heavy atom. The Morgan fingerprint density at radius 1 is 1.20 bits per heavy atom. The monoisotopic (exact) mass is 268 g/mol. The van der Waals surface area contributed by atoms with Crippen molar-refractivity contribution in [2.45, 2.75) is 25.9 Å². The van der Waals surface area contributed by atoms with Gasteiger partial charge in [0.05, 0.1) is 6.04 Å². The van der Waals surface area contributed by atoms with Crippen LogP contribution in [0.1, 0.15) is 29.2 Å². The van der Waals surface area contributed by atoms with Crippen LogP contribution in [-0.2, 0) is 6.54 Å². The van der Waals surface area contributed by atoms with Gasteiger partial charge in [-0.25, -0.2) is 0 Å². The molecule has 2 aromatic rings. The fourth-order valence-electron chi connectivity index (χ4n) is 2.81. The van der Waals surface area contributed by atoms with E-state index in [-0.39, 0.29) is 0 Å². The Balaban J connectivity index is 1.90. The smallest absolute Gasteiger partial charge is 0.115 e. The summed E-state index contributed by atoms with van der Waals surface area (Å²) in [7, 11) is 0. The van der Waals surface area contributed by atoms with Crippen LogP contribution in [0, 0.1) is 6.92 Å². The maximum absolute atomic E-state index is 9.51. The van der Waals surface area contributed by atoms with E-state index in [2.05, 4.69) is 34.9 Å². The van der Waals surface area contributed by atoms with Gasteiger partial charge in [-0.05, 0) is 54.8 Å². The van der Waals surface area contributed by atoms with Crippen LogP contribution in [-0.4, -0.2) is 11.7 Å². The Labute approximate surface area is 119 Å². The van der Waals surface area contributed by atoms with Gasteiger partial charge in [0.25, 0.3) is 0 Å². The first-order valence-corrected chi connectivity index (χ1v) is 7.09. The number of aromatic hydroxyl groups is 1. The zero-order chi connectivity index (χ0) is 13.9. The normalized spacial score (nSPS) is 18.1. The number of nitrogens with one attached hydrogen (secondary N) is 2. The molecule has 0 amide bonds. The fourth-order valence-corrected chi connectivity index (χ4v) is 2.81. The van der Waals surface area contributed by atoms with Crippen LogP contribution >= 0.6 is 0 Å². The molecular weight excluding hydrogens is 248 g/mol. The van der Waals surface area contributed by atoms with Crippen molar-refractivity contribution in [1.82, 2.24) is 5.32 Å². The summed E-state index contributed by atoms with van der Waals surface area (Å²) in [5.41, 5.74) is 4.88. The van der Waals surface area contributed by atoms with Gasteiger partial charge in [-0.2, -0.15) is 0 Å². The zero-order valence-corrected chi connectivity index (χ0v) is 11.7. The van der Waals surface area contributed by atoms with Crippen molar-refractivity contribution < 1.29 is 5.11 Å². The van der Waals surface area contributed by atoms with E-state index in [1.165, 1.54) is 11.1 Å². The molecule has 0 aliphatic carbocycles. The minimum Gasteiger partial charge on any atom is -0.508 e. The average molecular weight is 268 g/mol. The molecule has 0 fully saturated rings. The molecule has 0 bridgehead atoms. The molecule has 20 heavy (non-hydrogen) atoms. The average Bonchev–Trinajstić information content (AvgIpc) is 2.65. The molecule has 3 N–H and O–H groups in total. The summed E-state index contributed by atoms with van der Waals surface area (Å²) in [5.74, 6) is 0.316. The van der Waals surface area contributed by atoms with Gasteiger partial charge >= 0.3 is 0 Å². The van der Waals surface area contributed by atoms with E-state index in [0.717, 1.165) is 30.8 Å². The molecule has 1 aliphatic rings. The first-order valence-electron chi connectivity index (χ1n) is 7.09. The van der Waals surface area contributed by atoms with E-state index in [1.54, 1.807) is 12.1 Å². The first kappa shape index (κ1) is 13.0. The molecule has 3 heteroatoms. The maximum Gasteiger partial charge on any atom is 0.115 e. The van der Waals surface area contributed by atoms with Gasteiger partial charge in [0.1, 0.15) is 5.75 Å². The van der Waals surface area contributed by atoms with E-state index in [1.807, 2.05) is 13.0 Å². The Bertz CT molecular complexity index is 610. The van der Waals surface area contributed by atoms with E-state index >= 15 is 0 Å². The van der Waals surface area contributed by atoms with Crippen molar-refractivity contribution in [2.75, 3.05) is 11.9 Å². The first-order chi connectivity index (χ1) is 9.74. The van der Waals surface area contributed by atoms with Crippen LogP contribution in [0.2, 0.25) is 0 Å². The highest BCUT2D eigenvalue weighted by atomic mass is 16.3. The number of phenols is 1. The number of hydrogen-bond donors (Lipinski definition) is 3. The lowest BCUT2D eigenvalue weighted by atomic mass is 9.98. The number of hydrogen-bond acceptors (Lipinski definition) is 3. The summed E-state index contributed by atoms with van der Waals surface area (Å²) < 4.78 is 0. The molecule has 1 atom stereocenters. The summed E-state index contributed by atoms with van der Waals surface area (Å²) >= 11 is 0. The molecule has 0 aromatic heterocycles. The third kappa shape index (κ3) is 2.63. The van der Waals surface area contributed by atoms with Crippen LogP contribution in [0.3, 0.4) is 0 Å². The summed E-state index contributed by atoms with van der Waals surface area (Å²) in [4.78, 5) is 0. The van der Waals surface area contributed by atoms with Crippen molar-refractivity contribution in [2.24, 2.45) is 0 Å². The molecular formula is C17H20N2O. The lowest BCUT2D eigenvalue weighted by Crippen LogP contribution is -2.15. The van der Waals surface area contributed by atoms with Crippen molar-refractivity contribution in [3.63, 3.8) is 0 Å². The number of phenolic OH excluding ortho intramolecular Hbond substituents is 1. The van der Waals surface area contributed by atoms with Crippen LogP contribution in [0.25, 0.3) is 0 Å². The lowest BCUT2D eigenvalue weighted by Gasteiger charge is -2.21. The highest BCUT2D eigenvalue weighted by molar-refractivity contribution is 5.55. The van der Waals surface area contributed by atoms with Crippen LogP contribution in [0.15, 0.2) is 42.5 Å². The number of fused-ring (bicyclic) bond motifs is 1. The van der Waals surface area contributed by atoms with Gasteiger partial charge in [-0.1, -0.05) is 24.3 Å². The van der Waals surface area contributed by atoms with Gasteiger partial charge < -0.3 is 15.7 Å². The minimum absolute atomic E-state index is 0.310. The second-order valence-electron chi connectivity index (χ2n) is 5.36. The van der Waals surface area contributed by atoms with Gasteiger partial charge in [0, 0.05) is 12.2 Å². The molecule has 0 radical (unpaired) electrons. The van der Waals surface area contributed by atoms with Gasteiger partial charge in [-0.3, -0.25) is 0 Å². The molecule has 104 valence electrons. The molecule has 3 rings (SSSR count). The summed E-state index contributed by atoms with van der Waals surface area (Å²) in [6, 6.07) is 14.4. The third-order valence-corrected chi connectivity index (χ3v) is 3.90. The summed E-state index contributed by atoms with van der Waals surface area (Å²) in [6.45, 7) is 3.95. The number of benzene rings is 2. The third-order valence-electron chi connectivity index (χ3n) is 3.90. The number of aryl methyl sites for hydroxylation is 1. The van der Waals surface area contributed by atoms with Crippen LogP contribution in [0.4, 0.5) is 5.69 Å². The minimum atomic E-state index is 0.310. The molecule has 1 unspecified atom stereocenters. The largest absolute Gasteiger partial charge is 0.508 e. The predicted octanol–water partition coefficient (Wildman–Crippen LogP) is 3.35. The maximum atomic E-state index is 9.51. The highest BCUT2D eigenvalue weighted by Crippen LogP contribution is 2.29. The van der Waals surface area contributed by atoms with E-state index in [9.17, 15) is 5.11 Å². The Hall–Kier alpha value is -2.00. The predicted molar refractivity (Wildman–Crippen MR) is 82.0 cm³/mol.